The lowest BCUT2D eigenvalue weighted by Gasteiger charge is -2.39. The highest BCUT2D eigenvalue weighted by molar-refractivity contribution is 7.91. The summed E-state index contributed by atoms with van der Waals surface area (Å²) in [6.07, 6.45) is 3.71. The zero-order valence-corrected chi connectivity index (χ0v) is 23.5. The van der Waals surface area contributed by atoms with Crippen LogP contribution in [0.3, 0.4) is 0 Å². The quantitative estimate of drug-likeness (QED) is 0.315. The lowest BCUT2D eigenvalue weighted by atomic mass is 9.88. The Hall–Kier alpha value is -3.78. The molecule has 1 saturated heterocycles. The normalized spacial score (nSPS) is 16.6. The first-order valence-electron chi connectivity index (χ1n) is 13.2. The van der Waals surface area contributed by atoms with Crippen molar-refractivity contribution < 1.29 is 22.7 Å². The molecule has 1 fully saturated rings. The highest BCUT2D eigenvalue weighted by Gasteiger charge is 2.40. The lowest BCUT2D eigenvalue weighted by Crippen LogP contribution is -2.56. The van der Waals surface area contributed by atoms with Gasteiger partial charge in [-0.25, -0.2) is 13.4 Å². The van der Waals surface area contributed by atoms with E-state index in [2.05, 4.69) is 25.6 Å². The molecule has 1 aromatic heterocycles. The number of rotatable bonds is 9. The smallest absolute Gasteiger partial charge is 0.263 e. The van der Waals surface area contributed by atoms with Crippen molar-refractivity contribution >= 4 is 39.4 Å². The molecule has 2 aliphatic heterocycles. The summed E-state index contributed by atoms with van der Waals surface area (Å²) >= 11 is 0. The number of nitrogen functional groups attached to an aromatic ring is 2. The summed E-state index contributed by atoms with van der Waals surface area (Å²) in [7, 11) is -3.51. The van der Waals surface area contributed by atoms with Gasteiger partial charge in [-0.05, 0) is 57.7 Å². The molecule has 0 aliphatic carbocycles. The van der Waals surface area contributed by atoms with E-state index < -0.39 is 21.3 Å². The number of nitrogens with one attached hydrogen (secondary N) is 2. The summed E-state index contributed by atoms with van der Waals surface area (Å²) in [5.74, 6) is -0.466. The summed E-state index contributed by atoms with van der Waals surface area (Å²) in [4.78, 5) is 39.7. The number of amides is 2. The fourth-order valence-corrected chi connectivity index (χ4v) is 6.06. The van der Waals surface area contributed by atoms with Crippen molar-refractivity contribution in [1.29, 1.82) is 0 Å². The van der Waals surface area contributed by atoms with Gasteiger partial charge in [0.15, 0.2) is 15.8 Å². The Morgan fingerprint density at radius 3 is 2.65 bits per heavy atom. The molecule has 2 amide bonds. The number of sulfone groups is 1. The van der Waals surface area contributed by atoms with Crippen molar-refractivity contribution in [2.45, 2.75) is 56.1 Å². The SMILES string of the molecule is CC(C)OCCCCS(=O)(=O)c1cccc(C(=O)N2CCC3(CC2)CN=C(NC(=O)c2cnc(N)nc2N)N3)c1. The van der Waals surface area contributed by atoms with Gasteiger partial charge >= 0.3 is 0 Å². The van der Waals surface area contributed by atoms with Crippen LogP contribution in [0.4, 0.5) is 11.8 Å². The van der Waals surface area contributed by atoms with E-state index in [0.717, 1.165) is 0 Å². The fraction of sp³-hybridized carbons (Fsp3) is 0.500. The second kappa shape index (κ2) is 12.2. The van der Waals surface area contributed by atoms with Crippen molar-refractivity contribution in [3.63, 3.8) is 0 Å². The van der Waals surface area contributed by atoms with Crippen LogP contribution in [0.5, 0.6) is 0 Å². The van der Waals surface area contributed by atoms with Gasteiger partial charge in [0.05, 0.1) is 28.8 Å². The van der Waals surface area contributed by atoms with E-state index in [1.807, 2.05) is 13.8 Å². The molecule has 40 heavy (non-hydrogen) atoms. The van der Waals surface area contributed by atoms with Gasteiger partial charge in [0.2, 0.25) is 5.95 Å². The number of unbranched alkanes of at least 4 members (excludes halogenated alkanes) is 1. The largest absolute Gasteiger partial charge is 0.383 e. The van der Waals surface area contributed by atoms with Crippen molar-refractivity contribution in [2.75, 3.05) is 43.5 Å². The number of benzene rings is 1. The molecule has 1 spiro atoms. The van der Waals surface area contributed by atoms with Crippen molar-refractivity contribution in [2.24, 2.45) is 4.99 Å². The van der Waals surface area contributed by atoms with Gasteiger partial charge in [0, 0.05) is 31.5 Å². The number of guanidine groups is 1. The van der Waals surface area contributed by atoms with Crippen molar-refractivity contribution in [1.82, 2.24) is 25.5 Å². The van der Waals surface area contributed by atoms with Gasteiger partial charge in [-0.3, -0.25) is 19.9 Å². The summed E-state index contributed by atoms with van der Waals surface area (Å²) < 4.78 is 31.2. The van der Waals surface area contributed by atoms with Gasteiger partial charge in [-0.15, -0.1) is 0 Å². The number of nitrogens with two attached hydrogens (primary N) is 2. The Balaban J connectivity index is 1.30. The van der Waals surface area contributed by atoms with Gasteiger partial charge < -0.3 is 26.4 Å². The first kappa shape index (κ1) is 29.2. The predicted molar refractivity (Wildman–Crippen MR) is 150 cm³/mol. The number of carbonyl (C=O) groups is 2. The highest BCUT2D eigenvalue weighted by atomic mass is 32.2. The maximum Gasteiger partial charge on any atom is 0.263 e. The number of anilines is 2. The summed E-state index contributed by atoms with van der Waals surface area (Å²) in [5, 5.41) is 5.97. The minimum absolute atomic E-state index is 0.000814. The number of ether oxygens (including phenoxy) is 1. The molecule has 216 valence electrons. The van der Waals surface area contributed by atoms with E-state index in [1.54, 1.807) is 17.0 Å². The van der Waals surface area contributed by atoms with Crippen LogP contribution in [0.25, 0.3) is 0 Å². The Labute approximate surface area is 233 Å². The van der Waals surface area contributed by atoms with E-state index in [9.17, 15) is 18.0 Å². The fourth-order valence-electron chi connectivity index (χ4n) is 4.65. The molecular formula is C26H36N8O5S. The third-order valence-electron chi connectivity index (χ3n) is 6.94. The standard InChI is InChI=1S/C26H36N8O5S/c1-17(2)39-12-3-4-13-40(37,38)19-7-5-6-18(14-19)23(36)34-10-8-26(9-11-34)16-30-25(33-26)32-22(35)20-15-29-24(28)31-21(20)27/h5-7,14-15,17H,3-4,8-13,16H2,1-2H3,(H4,27,28,29,31)(H2,30,32,33,35). The van der Waals surface area contributed by atoms with Crippen LogP contribution >= 0.6 is 0 Å². The van der Waals surface area contributed by atoms with Crippen LogP contribution in [0.15, 0.2) is 40.4 Å². The Bertz CT molecular complexity index is 1390. The molecule has 6 N–H and O–H groups in total. The minimum Gasteiger partial charge on any atom is -0.383 e. The maximum atomic E-state index is 13.2. The first-order valence-corrected chi connectivity index (χ1v) is 14.9. The molecule has 0 bridgehead atoms. The predicted octanol–water partition coefficient (Wildman–Crippen LogP) is 0.984. The third-order valence-corrected chi connectivity index (χ3v) is 8.74. The Morgan fingerprint density at radius 2 is 1.95 bits per heavy atom. The topological polar surface area (TPSA) is 195 Å². The van der Waals surface area contributed by atoms with Crippen LogP contribution < -0.4 is 22.1 Å². The molecular weight excluding hydrogens is 536 g/mol. The number of hydrogen-bond donors (Lipinski definition) is 4. The van der Waals surface area contributed by atoms with E-state index >= 15 is 0 Å². The molecule has 0 saturated carbocycles. The van der Waals surface area contributed by atoms with Gasteiger partial charge in [-0.1, -0.05) is 6.07 Å². The molecule has 0 unspecified atom stereocenters. The molecule has 14 heteroatoms. The second-order valence-corrected chi connectivity index (χ2v) is 12.4. The highest BCUT2D eigenvalue weighted by Crippen LogP contribution is 2.27. The lowest BCUT2D eigenvalue weighted by molar-refractivity contribution is 0.0668. The van der Waals surface area contributed by atoms with Crippen LogP contribution in [-0.4, -0.2) is 84.7 Å². The molecule has 0 atom stereocenters. The van der Waals surface area contributed by atoms with E-state index in [-0.39, 0.29) is 40.0 Å². The van der Waals surface area contributed by atoms with Gasteiger partial charge in [-0.2, -0.15) is 4.98 Å². The van der Waals surface area contributed by atoms with Gasteiger partial charge in [0.1, 0.15) is 11.4 Å². The molecule has 2 aromatic rings. The Morgan fingerprint density at radius 1 is 1.20 bits per heavy atom. The zero-order chi connectivity index (χ0) is 28.9. The van der Waals surface area contributed by atoms with Crippen LogP contribution in [0.2, 0.25) is 0 Å². The average Bonchev–Trinajstić information content (AvgIpc) is 3.29. The van der Waals surface area contributed by atoms with Crippen LogP contribution in [-0.2, 0) is 14.6 Å². The number of nitrogens with zero attached hydrogens (tertiary/aromatic N) is 4. The molecule has 3 heterocycles. The molecule has 1 aromatic carbocycles. The number of aliphatic imine (C=N–C) groups is 1. The number of aromatic nitrogens is 2. The van der Waals surface area contributed by atoms with Crippen LogP contribution in [0, 0.1) is 0 Å². The number of hydrogen-bond acceptors (Lipinski definition) is 11. The van der Waals surface area contributed by atoms with E-state index in [1.165, 1.54) is 18.3 Å². The van der Waals surface area contributed by atoms with Crippen molar-refractivity contribution in [3.8, 4) is 0 Å². The zero-order valence-electron chi connectivity index (χ0n) is 22.7. The van der Waals surface area contributed by atoms with Gasteiger partial charge in [0.25, 0.3) is 11.8 Å². The summed E-state index contributed by atoms with van der Waals surface area (Å²) in [5.41, 5.74) is 11.3. The number of carbonyl (C=O) groups excluding carboxylic acids is 2. The number of piperidine rings is 1. The Kier molecular flexibility index (Phi) is 8.88. The third kappa shape index (κ3) is 7.04. The average molecular weight is 573 g/mol. The molecule has 0 radical (unpaired) electrons. The van der Waals surface area contributed by atoms with Crippen LogP contribution in [0.1, 0.15) is 60.2 Å². The molecule has 4 rings (SSSR count). The molecule has 13 nitrogen and oxygen atoms in total. The molecule has 2 aliphatic rings. The first-order chi connectivity index (χ1) is 19.0. The summed E-state index contributed by atoms with van der Waals surface area (Å²) in [6.45, 7) is 5.74. The number of likely N-dealkylation sites (tertiary alicyclic amines) is 1. The van der Waals surface area contributed by atoms with E-state index in [0.29, 0.717) is 63.4 Å². The monoisotopic (exact) mass is 572 g/mol. The second-order valence-electron chi connectivity index (χ2n) is 10.3. The summed E-state index contributed by atoms with van der Waals surface area (Å²) in [6, 6.07) is 6.23. The van der Waals surface area contributed by atoms with E-state index in [4.69, 9.17) is 16.2 Å². The van der Waals surface area contributed by atoms with Crippen molar-refractivity contribution in [3.05, 3.63) is 41.6 Å². The minimum atomic E-state index is -3.51. The maximum absolute atomic E-state index is 13.2.